The smallest absolute Gasteiger partial charge is 0.255 e. The standard InChI is InChI=1S/C11H17N3O/c1-3-7-14-11(15)9-6-5-8-13-10(9)12-4-2/h5-6,8H,3-4,7H2,1-2H3,(H,12,13)(H,14,15). The Morgan fingerprint density at radius 2 is 2.27 bits per heavy atom. The highest BCUT2D eigenvalue weighted by Crippen LogP contribution is 2.10. The van der Waals surface area contributed by atoms with Crippen molar-refractivity contribution in [1.82, 2.24) is 10.3 Å². The van der Waals surface area contributed by atoms with E-state index in [1.807, 2.05) is 13.8 Å². The van der Waals surface area contributed by atoms with Gasteiger partial charge in [-0.05, 0) is 25.5 Å². The molecule has 1 aromatic heterocycles. The summed E-state index contributed by atoms with van der Waals surface area (Å²) in [4.78, 5) is 15.8. The molecule has 1 heterocycles. The molecule has 1 aromatic rings. The first-order valence-corrected chi connectivity index (χ1v) is 5.26. The van der Waals surface area contributed by atoms with E-state index < -0.39 is 0 Å². The van der Waals surface area contributed by atoms with Crippen LogP contribution in [-0.4, -0.2) is 24.0 Å². The van der Waals surface area contributed by atoms with Crippen molar-refractivity contribution >= 4 is 11.7 Å². The van der Waals surface area contributed by atoms with Crippen LogP contribution in [0.5, 0.6) is 0 Å². The van der Waals surface area contributed by atoms with Gasteiger partial charge in [0.05, 0.1) is 5.56 Å². The summed E-state index contributed by atoms with van der Waals surface area (Å²) in [6, 6.07) is 3.54. The van der Waals surface area contributed by atoms with Crippen molar-refractivity contribution in [3.8, 4) is 0 Å². The van der Waals surface area contributed by atoms with Gasteiger partial charge in [0.25, 0.3) is 5.91 Å². The molecular weight excluding hydrogens is 190 g/mol. The molecule has 0 aliphatic heterocycles. The summed E-state index contributed by atoms with van der Waals surface area (Å²) < 4.78 is 0. The van der Waals surface area contributed by atoms with E-state index in [0.717, 1.165) is 13.0 Å². The zero-order chi connectivity index (χ0) is 11.1. The molecule has 1 amide bonds. The number of hydrogen-bond acceptors (Lipinski definition) is 3. The molecule has 0 aromatic carbocycles. The van der Waals surface area contributed by atoms with Crippen molar-refractivity contribution in [3.05, 3.63) is 23.9 Å². The zero-order valence-corrected chi connectivity index (χ0v) is 9.21. The fraction of sp³-hybridized carbons (Fsp3) is 0.455. The van der Waals surface area contributed by atoms with Gasteiger partial charge in [-0.1, -0.05) is 6.92 Å². The first-order valence-electron chi connectivity index (χ1n) is 5.26. The minimum atomic E-state index is -0.0686. The van der Waals surface area contributed by atoms with Gasteiger partial charge in [-0.25, -0.2) is 4.98 Å². The van der Waals surface area contributed by atoms with E-state index in [0.29, 0.717) is 17.9 Å². The quantitative estimate of drug-likeness (QED) is 0.772. The number of hydrogen-bond donors (Lipinski definition) is 2. The van der Waals surface area contributed by atoms with Crippen LogP contribution in [0.4, 0.5) is 5.82 Å². The van der Waals surface area contributed by atoms with Crippen LogP contribution in [0.1, 0.15) is 30.6 Å². The average Bonchev–Trinajstić information content (AvgIpc) is 2.27. The van der Waals surface area contributed by atoms with E-state index in [4.69, 9.17) is 0 Å². The lowest BCUT2D eigenvalue weighted by Gasteiger charge is -2.08. The Bertz CT molecular complexity index is 325. The largest absolute Gasteiger partial charge is 0.370 e. The number of carbonyl (C=O) groups is 1. The molecule has 0 atom stereocenters. The Balaban J connectivity index is 2.77. The van der Waals surface area contributed by atoms with Crippen LogP contribution in [0.15, 0.2) is 18.3 Å². The van der Waals surface area contributed by atoms with Gasteiger partial charge in [0.1, 0.15) is 5.82 Å². The molecule has 1 rings (SSSR count). The summed E-state index contributed by atoms with van der Waals surface area (Å²) in [5.41, 5.74) is 0.604. The highest BCUT2D eigenvalue weighted by atomic mass is 16.1. The van der Waals surface area contributed by atoms with Crippen molar-refractivity contribution in [2.24, 2.45) is 0 Å². The minimum Gasteiger partial charge on any atom is -0.370 e. The number of aromatic nitrogens is 1. The molecule has 2 N–H and O–H groups in total. The zero-order valence-electron chi connectivity index (χ0n) is 9.21. The third kappa shape index (κ3) is 3.23. The Morgan fingerprint density at radius 3 is 2.93 bits per heavy atom. The fourth-order valence-corrected chi connectivity index (χ4v) is 1.23. The lowest BCUT2D eigenvalue weighted by molar-refractivity contribution is 0.0954. The fourth-order valence-electron chi connectivity index (χ4n) is 1.23. The maximum absolute atomic E-state index is 11.7. The monoisotopic (exact) mass is 207 g/mol. The number of amides is 1. The van der Waals surface area contributed by atoms with Gasteiger partial charge >= 0.3 is 0 Å². The molecule has 82 valence electrons. The Morgan fingerprint density at radius 1 is 1.47 bits per heavy atom. The van der Waals surface area contributed by atoms with Crippen molar-refractivity contribution in [2.45, 2.75) is 20.3 Å². The molecule has 0 bridgehead atoms. The van der Waals surface area contributed by atoms with Crippen LogP contribution in [0, 0.1) is 0 Å². The van der Waals surface area contributed by atoms with Crippen LogP contribution in [-0.2, 0) is 0 Å². The van der Waals surface area contributed by atoms with Crippen LogP contribution >= 0.6 is 0 Å². The summed E-state index contributed by atoms with van der Waals surface area (Å²) in [5.74, 6) is 0.578. The second-order valence-corrected chi connectivity index (χ2v) is 3.19. The molecule has 0 aliphatic carbocycles. The molecule has 4 nitrogen and oxygen atoms in total. The number of nitrogens with one attached hydrogen (secondary N) is 2. The SMILES string of the molecule is CCCNC(=O)c1cccnc1NCC. The number of carbonyl (C=O) groups excluding carboxylic acids is 1. The topological polar surface area (TPSA) is 54.0 Å². The molecule has 0 aliphatic rings. The van der Waals surface area contributed by atoms with E-state index in [-0.39, 0.29) is 5.91 Å². The predicted octanol–water partition coefficient (Wildman–Crippen LogP) is 1.65. The van der Waals surface area contributed by atoms with Crippen molar-refractivity contribution in [2.75, 3.05) is 18.4 Å². The third-order valence-corrected chi connectivity index (χ3v) is 1.93. The minimum absolute atomic E-state index is 0.0686. The highest BCUT2D eigenvalue weighted by Gasteiger charge is 2.10. The molecule has 0 saturated heterocycles. The third-order valence-electron chi connectivity index (χ3n) is 1.93. The number of nitrogens with zero attached hydrogens (tertiary/aromatic N) is 1. The molecule has 0 fully saturated rings. The second kappa shape index (κ2) is 6.01. The molecule has 15 heavy (non-hydrogen) atoms. The maximum atomic E-state index is 11.7. The van der Waals surface area contributed by atoms with E-state index >= 15 is 0 Å². The van der Waals surface area contributed by atoms with Crippen molar-refractivity contribution < 1.29 is 4.79 Å². The molecule has 0 saturated carbocycles. The normalized spacial score (nSPS) is 9.73. The first-order chi connectivity index (χ1) is 7.29. The van der Waals surface area contributed by atoms with Gasteiger partial charge in [0.2, 0.25) is 0 Å². The van der Waals surface area contributed by atoms with Crippen molar-refractivity contribution in [1.29, 1.82) is 0 Å². The number of rotatable bonds is 5. The van der Waals surface area contributed by atoms with E-state index in [2.05, 4.69) is 15.6 Å². The van der Waals surface area contributed by atoms with Crippen molar-refractivity contribution in [3.63, 3.8) is 0 Å². The Kier molecular flexibility index (Phi) is 4.60. The summed E-state index contributed by atoms with van der Waals surface area (Å²) in [5, 5.41) is 5.89. The van der Waals surface area contributed by atoms with Gasteiger partial charge in [0.15, 0.2) is 0 Å². The molecule has 0 spiro atoms. The van der Waals surface area contributed by atoms with Crippen LogP contribution in [0.3, 0.4) is 0 Å². The van der Waals surface area contributed by atoms with E-state index in [1.54, 1.807) is 18.3 Å². The highest BCUT2D eigenvalue weighted by molar-refractivity contribution is 5.98. The first kappa shape index (κ1) is 11.5. The van der Waals surface area contributed by atoms with E-state index in [1.165, 1.54) is 0 Å². The molecular formula is C11H17N3O. The Labute approximate surface area is 90.1 Å². The number of anilines is 1. The van der Waals surface area contributed by atoms with Crippen LogP contribution in [0.25, 0.3) is 0 Å². The van der Waals surface area contributed by atoms with Crippen LogP contribution < -0.4 is 10.6 Å². The van der Waals surface area contributed by atoms with Gasteiger partial charge in [-0.15, -0.1) is 0 Å². The molecule has 0 radical (unpaired) electrons. The lowest BCUT2D eigenvalue weighted by Crippen LogP contribution is -2.25. The molecule has 4 heteroatoms. The lowest BCUT2D eigenvalue weighted by atomic mass is 10.2. The summed E-state index contributed by atoms with van der Waals surface area (Å²) >= 11 is 0. The van der Waals surface area contributed by atoms with Gasteiger partial charge < -0.3 is 10.6 Å². The summed E-state index contributed by atoms with van der Waals surface area (Å²) in [6.07, 6.45) is 2.61. The summed E-state index contributed by atoms with van der Waals surface area (Å²) in [6.45, 7) is 5.45. The predicted molar refractivity (Wildman–Crippen MR) is 61.0 cm³/mol. The average molecular weight is 207 g/mol. The van der Waals surface area contributed by atoms with Gasteiger partial charge in [0, 0.05) is 19.3 Å². The number of pyridine rings is 1. The van der Waals surface area contributed by atoms with Crippen LogP contribution in [0.2, 0.25) is 0 Å². The van der Waals surface area contributed by atoms with E-state index in [9.17, 15) is 4.79 Å². The Hall–Kier alpha value is -1.58. The van der Waals surface area contributed by atoms with Gasteiger partial charge in [-0.2, -0.15) is 0 Å². The summed E-state index contributed by atoms with van der Waals surface area (Å²) in [7, 11) is 0. The second-order valence-electron chi connectivity index (χ2n) is 3.19. The molecule has 0 unspecified atom stereocenters. The maximum Gasteiger partial charge on any atom is 0.255 e. The van der Waals surface area contributed by atoms with Gasteiger partial charge in [-0.3, -0.25) is 4.79 Å².